The molecular weight excluding hydrogens is 184 g/mol. The van der Waals surface area contributed by atoms with Crippen molar-refractivity contribution in [3.63, 3.8) is 0 Å². The number of hydrogen-bond donors (Lipinski definition) is 0. The first kappa shape index (κ1) is 10.5. The Bertz CT molecular complexity index is 281. The van der Waals surface area contributed by atoms with Gasteiger partial charge in [-0.2, -0.15) is 0 Å². The summed E-state index contributed by atoms with van der Waals surface area (Å²) in [5.74, 6) is 1.79. The molecule has 2 atom stereocenters. The molecule has 0 radical (unpaired) electrons. The van der Waals surface area contributed by atoms with E-state index >= 15 is 0 Å². The molecule has 15 heavy (non-hydrogen) atoms. The Labute approximate surface area is 92.5 Å². The van der Waals surface area contributed by atoms with Gasteiger partial charge >= 0.3 is 0 Å². The first-order valence-electron chi connectivity index (χ1n) is 6.12. The van der Waals surface area contributed by atoms with Gasteiger partial charge in [0.15, 0.2) is 0 Å². The fourth-order valence-electron chi connectivity index (χ4n) is 2.47. The lowest BCUT2D eigenvalue weighted by Gasteiger charge is -2.31. The smallest absolute Gasteiger partial charge is 0.119 e. The topological polar surface area (TPSA) is 9.23 Å². The van der Waals surface area contributed by atoms with Gasteiger partial charge in [-0.05, 0) is 43.7 Å². The average molecular weight is 204 g/mol. The third-order valence-electron chi connectivity index (χ3n) is 3.39. The summed E-state index contributed by atoms with van der Waals surface area (Å²) in [5, 5.41) is 0. The van der Waals surface area contributed by atoms with Crippen LogP contribution in [0.5, 0.6) is 5.75 Å². The molecule has 0 spiro atoms. The van der Waals surface area contributed by atoms with Crippen molar-refractivity contribution in [2.75, 3.05) is 0 Å². The van der Waals surface area contributed by atoms with E-state index in [0.29, 0.717) is 6.10 Å². The minimum atomic E-state index is 0.450. The molecule has 1 saturated carbocycles. The second-order valence-electron chi connectivity index (χ2n) is 4.42. The van der Waals surface area contributed by atoms with Crippen LogP contribution in [0.3, 0.4) is 0 Å². The first-order chi connectivity index (χ1) is 7.40. The molecular formula is C14H20O. The molecule has 1 nitrogen and oxygen atoms in total. The number of para-hydroxylation sites is 1. The van der Waals surface area contributed by atoms with Crippen LogP contribution < -0.4 is 4.74 Å². The van der Waals surface area contributed by atoms with E-state index in [2.05, 4.69) is 19.1 Å². The number of ether oxygens (including phenoxy) is 1. The Balaban J connectivity index is 1.97. The van der Waals surface area contributed by atoms with Gasteiger partial charge in [0.25, 0.3) is 0 Å². The lowest BCUT2D eigenvalue weighted by Crippen LogP contribution is -2.29. The molecule has 1 heteroatoms. The van der Waals surface area contributed by atoms with E-state index in [4.69, 9.17) is 4.74 Å². The highest BCUT2D eigenvalue weighted by molar-refractivity contribution is 5.21. The standard InChI is InChI=1S/C14H20O/c1-2-12-8-6-7-11-14(12)15-13-9-4-3-5-10-13/h3-5,9-10,12,14H,2,6-8,11H2,1H3. The molecule has 0 bridgehead atoms. The molecule has 0 amide bonds. The summed E-state index contributed by atoms with van der Waals surface area (Å²) in [6.45, 7) is 2.28. The van der Waals surface area contributed by atoms with E-state index in [1.807, 2.05) is 18.2 Å². The quantitative estimate of drug-likeness (QED) is 0.722. The lowest BCUT2D eigenvalue weighted by molar-refractivity contribution is 0.0904. The van der Waals surface area contributed by atoms with Crippen molar-refractivity contribution < 1.29 is 4.74 Å². The predicted molar refractivity (Wildman–Crippen MR) is 63.1 cm³/mol. The van der Waals surface area contributed by atoms with Crippen molar-refractivity contribution in [3.05, 3.63) is 30.3 Å². The van der Waals surface area contributed by atoms with Crippen molar-refractivity contribution in [3.8, 4) is 5.75 Å². The monoisotopic (exact) mass is 204 g/mol. The van der Waals surface area contributed by atoms with Crippen LogP contribution in [-0.2, 0) is 0 Å². The first-order valence-corrected chi connectivity index (χ1v) is 6.12. The SMILES string of the molecule is CCC1CCCCC1Oc1ccccc1. The molecule has 82 valence electrons. The molecule has 1 fully saturated rings. The maximum atomic E-state index is 6.06. The fourth-order valence-corrected chi connectivity index (χ4v) is 2.47. The van der Waals surface area contributed by atoms with Crippen LogP contribution in [0.1, 0.15) is 39.0 Å². The summed E-state index contributed by atoms with van der Waals surface area (Å²) in [4.78, 5) is 0. The summed E-state index contributed by atoms with van der Waals surface area (Å²) < 4.78 is 6.06. The normalized spacial score (nSPS) is 26.2. The molecule has 0 heterocycles. The average Bonchev–Trinajstić information content (AvgIpc) is 2.31. The molecule has 1 aromatic carbocycles. The van der Waals surface area contributed by atoms with Crippen molar-refractivity contribution >= 4 is 0 Å². The van der Waals surface area contributed by atoms with Crippen LogP contribution in [0.2, 0.25) is 0 Å². The van der Waals surface area contributed by atoms with Crippen molar-refractivity contribution in [1.82, 2.24) is 0 Å². The van der Waals surface area contributed by atoms with Crippen molar-refractivity contribution in [2.45, 2.75) is 45.1 Å². The molecule has 2 rings (SSSR count). The molecule has 1 aromatic rings. The van der Waals surface area contributed by atoms with Crippen LogP contribution in [0, 0.1) is 5.92 Å². The van der Waals surface area contributed by atoms with Gasteiger partial charge in [-0.3, -0.25) is 0 Å². The molecule has 1 aliphatic rings. The van der Waals surface area contributed by atoms with Gasteiger partial charge in [0.2, 0.25) is 0 Å². The third kappa shape index (κ3) is 2.74. The van der Waals surface area contributed by atoms with E-state index in [0.717, 1.165) is 11.7 Å². The molecule has 0 N–H and O–H groups in total. The second kappa shape index (κ2) is 5.20. The maximum Gasteiger partial charge on any atom is 0.119 e. The molecule has 1 aliphatic carbocycles. The van der Waals surface area contributed by atoms with E-state index in [1.54, 1.807) is 0 Å². The molecule has 0 aliphatic heterocycles. The predicted octanol–water partition coefficient (Wildman–Crippen LogP) is 4.03. The van der Waals surface area contributed by atoms with Gasteiger partial charge < -0.3 is 4.74 Å². The van der Waals surface area contributed by atoms with Crippen LogP contribution in [0.25, 0.3) is 0 Å². The minimum absolute atomic E-state index is 0.450. The van der Waals surface area contributed by atoms with Crippen LogP contribution in [0.4, 0.5) is 0 Å². The maximum absolute atomic E-state index is 6.06. The highest BCUT2D eigenvalue weighted by Crippen LogP contribution is 2.30. The Morgan fingerprint density at radius 2 is 1.87 bits per heavy atom. The van der Waals surface area contributed by atoms with E-state index < -0.39 is 0 Å². The number of hydrogen-bond acceptors (Lipinski definition) is 1. The fraction of sp³-hybridized carbons (Fsp3) is 0.571. The molecule has 0 saturated heterocycles. The highest BCUT2D eigenvalue weighted by Gasteiger charge is 2.24. The van der Waals surface area contributed by atoms with E-state index in [1.165, 1.54) is 32.1 Å². The highest BCUT2D eigenvalue weighted by atomic mass is 16.5. The molecule has 2 unspecified atom stereocenters. The lowest BCUT2D eigenvalue weighted by atomic mass is 9.85. The summed E-state index contributed by atoms with van der Waals surface area (Å²) in [7, 11) is 0. The van der Waals surface area contributed by atoms with Gasteiger partial charge in [0, 0.05) is 0 Å². The summed E-state index contributed by atoms with van der Waals surface area (Å²) in [6, 6.07) is 10.2. The zero-order chi connectivity index (χ0) is 10.5. The summed E-state index contributed by atoms with van der Waals surface area (Å²) in [5.41, 5.74) is 0. The van der Waals surface area contributed by atoms with E-state index in [9.17, 15) is 0 Å². The van der Waals surface area contributed by atoms with Gasteiger partial charge in [0.1, 0.15) is 11.9 Å². The molecule has 0 aromatic heterocycles. The van der Waals surface area contributed by atoms with E-state index in [-0.39, 0.29) is 0 Å². The Morgan fingerprint density at radius 3 is 2.60 bits per heavy atom. The minimum Gasteiger partial charge on any atom is -0.490 e. The van der Waals surface area contributed by atoms with Crippen LogP contribution in [0.15, 0.2) is 30.3 Å². The zero-order valence-electron chi connectivity index (χ0n) is 9.49. The summed E-state index contributed by atoms with van der Waals surface area (Å²) in [6.07, 6.45) is 6.98. The number of benzene rings is 1. The Hall–Kier alpha value is -0.980. The summed E-state index contributed by atoms with van der Waals surface area (Å²) >= 11 is 0. The third-order valence-corrected chi connectivity index (χ3v) is 3.39. The number of rotatable bonds is 3. The van der Waals surface area contributed by atoms with Crippen LogP contribution in [-0.4, -0.2) is 6.10 Å². The van der Waals surface area contributed by atoms with Gasteiger partial charge in [-0.1, -0.05) is 31.5 Å². The van der Waals surface area contributed by atoms with Gasteiger partial charge in [-0.15, -0.1) is 0 Å². The second-order valence-corrected chi connectivity index (χ2v) is 4.42. The van der Waals surface area contributed by atoms with Crippen LogP contribution >= 0.6 is 0 Å². The van der Waals surface area contributed by atoms with Gasteiger partial charge in [0.05, 0.1) is 0 Å². The van der Waals surface area contributed by atoms with Gasteiger partial charge in [-0.25, -0.2) is 0 Å². The Morgan fingerprint density at radius 1 is 1.13 bits per heavy atom. The van der Waals surface area contributed by atoms with Crippen molar-refractivity contribution in [1.29, 1.82) is 0 Å². The van der Waals surface area contributed by atoms with Crippen molar-refractivity contribution in [2.24, 2.45) is 5.92 Å². The zero-order valence-corrected chi connectivity index (χ0v) is 9.49. The Kier molecular flexibility index (Phi) is 3.65. The largest absolute Gasteiger partial charge is 0.490 e.